The second-order valence-electron chi connectivity index (χ2n) is 7.17. The van der Waals surface area contributed by atoms with Gasteiger partial charge in [0.05, 0.1) is 10.9 Å². The van der Waals surface area contributed by atoms with E-state index in [9.17, 15) is 9.59 Å². The fourth-order valence-corrected chi connectivity index (χ4v) is 3.70. The molecule has 2 aromatic heterocycles. The molecule has 142 valence electrons. The van der Waals surface area contributed by atoms with E-state index in [1.165, 1.54) is 10.9 Å². The lowest BCUT2D eigenvalue weighted by molar-refractivity contribution is -0.117. The first kappa shape index (κ1) is 18.2. The van der Waals surface area contributed by atoms with Gasteiger partial charge in [-0.15, -0.1) is 0 Å². The summed E-state index contributed by atoms with van der Waals surface area (Å²) in [6, 6.07) is 15.6. The predicted molar refractivity (Wildman–Crippen MR) is 112 cm³/mol. The van der Waals surface area contributed by atoms with E-state index in [-0.39, 0.29) is 11.3 Å². The quantitative estimate of drug-likeness (QED) is 0.532. The predicted octanol–water partition coefficient (Wildman–Crippen LogP) is 4.03. The van der Waals surface area contributed by atoms with E-state index in [2.05, 4.69) is 17.1 Å². The van der Waals surface area contributed by atoms with Crippen molar-refractivity contribution < 1.29 is 4.79 Å². The van der Waals surface area contributed by atoms with Crippen molar-refractivity contribution in [3.63, 3.8) is 0 Å². The van der Waals surface area contributed by atoms with Gasteiger partial charge in [0.1, 0.15) is 11.6 Å². The van der Waals surface area contributed by atoms with Crippen molar-refractivity contribution in [2.24, 2.45) is 0 Å². The molecule has 0 amide bonds. The molecule has 0 aliphatic heterocycles. The highest BCUT2D eigenvalue weighted by molar-refractivity contribution is 5.83. The van der Waals surface area contributed by atoms with Crippen molar-refractivity contribution in [2.45, 2.75) is 39.2 Å². The van der Waals surface area contributed by atoms with Crippen LogP contribution in [-0.4, -0.2) is 20.3 Å². The number of carbonyl (C=O) groups is 1. The first-order chi connectivity index (χ1) is 13.6. The highest BCUT2D eigenvalue weighted by atomic mass is 16.1. The third-order valence-corrected chi connectivity index (χ3v) is 5.15. The number of aromatic amines is 1. The number of nitrogens with zero attached hydrogens (tertiary/aromatic N) is 2. The Morgan fingerprint density at radius 1 is 1.04 bits per heavy atom. The molecule has 0 aliphatic carbocycles. The van der Waals surface area contributed by atoms with E-state index in [4.69, 9.17) is 4.98 Å². The van der Waals surface area contributed by atoms with E-state index in [1.54, 1.807) is 11.5 Å². The van der Waals surface area contributed by atoms with E-state index in [0.717, 1.165) is 17.8 Å². The van der Waals surface area contributed by atoms with Crippen LogP contribution in [0.15, 0.2) is 59.5 Å². The third kappa shape index (κ3) is 3.60. The first-order valence-electron chi connectivity index (χ1n) is 9.66. The fraction of sp³-hybridized carbons (Fsp3) is 0.261. The largest absolute Gasteiger partial charge is 0.361 e. The van der Waals surface area contributed by atoms with Crippen LogP contribution in [0.25, 0.3) is 21.8 Å². The molecule has 5 heteroatoms. The summed E-state index contributed by atoms with van der Waals surface area (Å²) in [7, 11) is 0. The normalized spacial score (nSPS) is 11.3. The number of fused-ring (bicyclic) bond motifs is 2. The van der Waals surface area contributed by atoms with Crippen molar-refractivity contribution in [2.75, 3.05) is 0 Å². The Balaban J connectivity index is 1.68. The maximum Gasteiger partial charge on any atom is 0.261 e. The fourth-order valence-electron chi connectivity index (χ4n) is 3.70. The summed E-state index contributed by atoms with van der Waals surface area (Å²) in [4.78, 5) is 32.5. The zero-order chi connectivity index (χ0) is 19.5. The van der Waals surface area contributed by atoms with E-state index in [0.29, 0.717) is 36.7 Å². The Morgan fingerprint density at radius 2 is 1.79 bits per heavy atom. The second kappa shape index (κ2) is 7.80. The van der Waals surface area contributed by atoms with Crippen molar-refractivity contribution in [3.8, 4) is 0 Å². The number of carbonyl (C=O) groups excluding carboxylic acids is 1. The zero-order valence-corrected chi connectivity index (χ0v) is 15.9. The van der Waals surface area contributed by atoms with Gasteiger partial charge in [-0.1, -0.05) is 30.3 Å². The molecule has 2 heterocycles. The number of hydrogen-bond donors (Lipinski definition) is 1. The van der Waals surface area contributed by atoms with Crippen LogP contribution in [0.4, 0.5) is 0 Å². The molecule has 0 fully saturated rings. The Morgan fingerprint density at radius 3 is 2.61 bits per heavy atom. The lowest BCUT2D eigenvalue weighted by Crippen LogP contribution is -2.26. The van der Waals surface area contributed by atoms with Gasteiger partial charge in [-0.25, -0.2) is 4.98 Å². The summed E-state index contributed by atoms with van der Waals surface area (Å²) in [6.07, 6.45) is 4.58. The van der Waals surface area contributed by atoms with E-state index >= 15 is 0 Å². The Hall–Kier alpha value is -3.21. The van der Waals surface area contributed by atoms with Crippen LogP contribution >= 0.6 is 0 Å². The molecule has 0 saturated heterocycles. The van der Waals surface area contributed by atoms with E-state index in [1.807, 2.05) is 42.6 Å². The van der Waals surface area contributed by atoms with Gasteiger partial charge in [-0.2, -0.15) is 0 Å². The molecule has 0 aliphatic rings. The number of para-hydroxylation sites is 2. The molecule has 4 rings (SSSR count). The lowest BCUT2D eigenvalue weighted by Gasteiger charge is -2.13. The molecule has 0 saturated carbocycles. The summed E-state index contributed by atoms with van der Waals surface area (Å²) in [5, 5.41) is 1.82. The number of ketones is 1. The first-order valence-corrected chi connectivity index (χ1v) is 9.66. The van der Waals surface area contributed by atoms with Crippen LogP contribution < -0.4 is 5.56 Å². The molecule has 0 spiro atoms. The van der Waals surface area contributed by atoms with Crippen LogP contribution in [0.2, 0.25) is 0 Å². The summed E-state index contributed by atoms with van der Waals surface area (Å²) in [5.74, 6) is 0.915. The summed E-state index contributed by atoms with van der Waals surface area (Å²) >= 11 is 0. The Kier molecular flexibility index (Phi) is 5.06. The van der Waals surface area contributed by atoms with Crippen LogP contribution in [0.3, 0.4) is 0 Å². The van der Waals surface area contributed by atoms with Crippen molar-refractivity contribution in [1.29, 1.82) is 0 Å². The minimum atomic E-state index is -0.0109. The van der Waals surface area contributed by atoms with Gasteiger partial charge in [0.2, 0.25) is 0 Å². The van der Waals surface area contributed by atoms with Gasteiger partial charge in [0.25, 0.3) is 5.56 Å². The summed E-state index contributed by atoms with van der Waals surface area (Å²) in [5.41, 5.74) is 2.99. The van der Waals surface area contributed by atoms with Gasteiger partial charge in [-0.3, -0.25) is 9.36 Å². The third-order valence-electron chi connectivity index (χ3n) is 5.15. The smallest absolute Gasteiger partial charge is 0.261 e. The molecule has 2 aromatic carbocycles. The van der Waals surface area contributed by atoms with Gasteiger partial charge >= 0.3 is 0 Å². The lowest BCUT2D eigenvalue weighted by atomic mass is 10.1. The average molecular weight is 373 g/mol. The van der Waals surface area contributed by atoms with Crippen molar-refractivity contribution >= 4 is 27.6 Å². The van der Waals surface area contributed by atoms with Gasteiger partial charge in [0, 0.05) is 36.5 Å². The number of hydrogen-bond acceptors (Lipinski definition) is 3. The van der Waals surface area contributed by atoms with Gasteiger partial charge in [-0.05, 0) is 43.5 Å². The van der Waals surface area contributed by atoms with Crippen LogP contribution in [0, 0.1) is 0 Å². The number of nitrogens with one attached hydrogen (secondary N) is 1. The minimum absolute atomic E-state index is 0.0109. The average Bonchev–Trinajstić information content (AvgIpc) is 3.11. The Labute approximate surface area is 163 Å². The molecule has 1 N–H and O–H groups in total. The topological polar surface area (TPSA) is 67.8 Å². The van der Waals surface area contributed by atoms with Crippen LogP contribution in [-0.2, 0) is 24.2 Å². The standard InChI is InChI=1S/C23H23N3O2/c1-16(27)7-6-12-22-25-21-11-5-3-9-19(21)23(28)26(22)14-13-17-15-24-20-10-4-2-8-18(17)20/h2-5,8-11,15,24H,6-7,12-14H2,1H3. The molecule has 0 atom stereocenters. The SMILES string of the molecule is CC(=O)CCCc1nc2ccccc2c(=O)n1CCc1c[nH]c2ccccc12. The molecule has 0 bridgehead atoms. The highest BCUT2D eigenvalue weighted by Gasteiger charge is 2.12. The van der Waals surface area contributed by atoms with Gasteiger partial charge < -0.3 is 9.78 Å². The maximum absolute atomic E-state index is 13.1. The second-order valence-corrected chi connectivity index (χ2v) is 7.17. The van der Waals surface area contributed by atoms with Crippen LogP contribution in [0.1, 0.15) is 31.2 Å². The summed E-state index contributed by atoms with van der Waals surface area (Å²) in [6.45, 7) is 2.16. The number of aromatic nitrogens is 3. The molecule has 28 heavy (non-hydrogen) atoms. The zero-order valence-electron chi connectivity index (χ0n) is 15.9. The number of H-pyrrole nitrogens is 1. The van der Waals surface area contributed by atoms with E-state index < -0.39 is 0 Å². The number of benzene rings is 2. The van der Waals surface area contributed by atoms with Crippen molar-refractivity contribution in [3.05, 3.63) is 76.5 Å². The van der Waals surface area contributed by atoms with Crippen LogP contribution in [0.5, 0.6) is 0 Å². The molecule has 5 nitrogen and oxygen atoms in total. The highest BCUT2D eigenvalue weighted by Crippen LogP contribution is 2.19. The number of rotatable bonds is 7. The molecule has 0 radical (unpaired) electrons. The Bertz CT molecular complexity index is 1200. The van der Waals surface area contributed by atoms with Crippen molar-refractivity contribution in [1.82, 2.24) is 14.5 Å². The number of aryl methyl sites for hydroxylation is 2. The monoisotopic (exact) mass is 373 g/mol. The molecular formula is C23H23N3O2. The molecule has 4 aromatic rings. The molecule has 0 unspecified atom stereocenters. The summed E-state index contributed by atoms with van der Waals surface area (Å²) < 4.78 is 1.78. The molecular weight excluding hydrogens is 350 g/mol. The minimum Gasteiger partial charge on any atom is -0.361 e. The maximum atomic E-state index is 13.1. The number of Topliss-reactive ketones (excluding diaryl/α,β-unsaturated/α-hetero) is 1. The van der Waals surface area contributed by atoms with Gasteiger partial charge in [0.15, 0.2) is 0 Å².